The van der Waals surface area contributed by atoms with E-state index in [9.17, 15) is 0 Å². The molecule has 7 heteroatoms. The molecule has 0 spiro atoms. The third kappa shape index (κ3) is 7.28. The van der Waals surface area contributed by atoms with Gasteiger partial charge >= 0.3 is 0 Å². The van der Waals surface area contributed by atoms with E-state index >= 15 is 0 Å². The number of nitrogens with one attached hydrogen (secondary N) is 1. The van der Waals surface area contributed by atoms with Gasteiger partial charge in [0.1, 0.15) is 0 Å². The van der Waals surface area contributed by atoms with E-state index in [1.165, 1.54) is 11.3 Å². The van der Waals surface area contributed by atoms with E-state index < -0.39 is 0 Å². The largest absolute Gasteiger partial charge is 0.382 e. The van der Waals surface area contributed by atoms with Crippen molar-refractivity contribution < 1.29 is 9.47 Å². The van der Waals surface area contributed by atoms with Gasteiger partial charge in [0, 0.05) is 59.5 Å². The molecule has 1 saturated heterocycles. The Morgan fingerprint density at radius 2 is 2.00 bits per heavy atom. The highest BCUT2D eigenvalue weighted by molar-refractivity contribution is 14.0. The lowest BCUT2D eigenvalue weighted by Crippen LogP contribution is -2.39. The molecule has 1 aromatic rings. The number of hydrogen-bond donors (Lipinski definition) is 1. The third-order valence-electron chi connectivity index (χ3n) is 4.49. The number of methoxy groups -OCH3 is 1. The number of guanidine groups is 1. The maximum atomic E-state index is 5.66. The lowest BCUT2D eigenvalue weighted by atomic mass is 10.1. The highest BCUT2D eigenvalue weighted by Gasteiger charge is 2.24. The van der Waals surface area contributed by atoms with E-state index in [2.05, 4.69) is 58.5 Å². The summed E-state index contributed by atoms with van der Waals surface area (Å²) in [6.07, 6.45) is 1.14. The van der Waals surface area contributed by atoms with Gasteiger partial charge in [-0.25, -0.2) is 0 Å². The summed E-state index contributed by atoms with van der Waals surface area (Å²) in [5, 5.41) is 3.47. The van der Waals surface area contributed by atoms with Crippen molar-refractivity contribution in [1.29, 1.82) is 0 Å². The number of benzene rings is 1. The van der Waals surface area contributed by atoms with Crippen molar-refractivity contribution in [2.45, 2.75) is 13.0 Å². The van der Waals surface area contributed by atoms with Crippen molar-refractivity contribution >= 4 is 35.6 Å². The summed E-state index contributed by atoms with van der Waals surface area (Å²) in [5.41, 5.74) is 2.47. The topological polar surface area (TPSA) is 49.3 Å². The van der Waals surface area contributed by atoms with Crippen molar-refractivity contribution in [2.24, 2.45) is 10.9 Å². The maximum Gasteiger partial charge on any atom is 0.193 e. The summed E-state index contributed by atoms with van der Waals surface area (Å²) in [6.45, 7) is 4.92. The molecule has 2 rings (SSSR count). The highest BCUT2D eigenvalue weighted by atomic mass is 127. The van der Waals surface area contributed by atoms with Gasteiger partial charge in [-0.1, -0.05) is 12.1 Å². The van der Waals surface area contributed by atoms with Crippen LogP contribution in [0, 0.1) is 5.92 Å². The van der Waals surface area contributed by atoms with Gasteiger partial charge in [0.25, 0.3) is 0 Å². The molecular weight excluding hydrogens is 443 g/mol. The second-order valence-electron chi connectivity index (χ2n) is 6.63. The molecule has 0 aliphatic carbocycles. The highest BCUT2D eigenvalue weighted by Crippen LogP contribution is 2.17. The Kier molecular flexibility index (Phi) is 10.9. The molecule has 1 atom stereocenters. The third-order valence-corrected chi connectivity index (χ3v) is 4.49. The molecule has 1 aliphatic rings. The second kappa shape index (κ2) is 12.3. The van der Waals surface area contributed by atoms with E-state index in [0.717, 1.165) is 38.6 Å². The molecule has 6 nitrogen and oxygen atoms in total. The Bertz CT molecular complexity index is 537. The number of rotatable bonds is 8. The molecule has 1 aliphatic heterocycles. The first-order valence-electron chi connectivity index (χ1n) is 8.92. The molecular formula is C19H33IN4O2. The number of likely N-dealkylation sites (tertiary alicyclic amines) is 1. The van der Waals surface area contributed by atoms with Gasteiger partial charge in [-0.05, 0) is 24.1 Å². The minimum atomic E-state index is 0. The average molecular weight is 476 g/mol. The SMILES string of the molecule is CN=C(NCc1ccc(N(C)C)cc1)N1CCC(COCCOC)C1.I. The smallest absolute Gasteiger partial charge is 0.193 e. The molecule has 0 radical (unpaired) electrons. The lowest BCUT2D eigenvalue weighted by molar-refractivity contribution is 0.0536. The molecule has 1 aromatic carbocycles. The summed E-state index contributed by atoms with van der Waals surface area (Å²) >= 11 is 0. The fourth-order valence-corrected chi connectivity index (χ4v) is 2.98. The van der Waals surface area contributed by atoms with Crippen LogP contribution in [-0.2, 0) is 16.0 Å². The van der Waals surface area contributed by atoms with Crippen LogP contribution in [0.25, 0.3) is 0 Å². The van der Waals surface area contributed by atoms with E-state index in [-0.39, 0.29) is 24.0 Å². The van der Waals surface area contributed by atoms with Crippen molar-refractivity contribution in [3.8, 4) is 0 Å². The first-order chi connectivity index (χ1) is 12.1. The van der Waals surface area contributed by atoms with E-state index in [4.69, 9.17) is 9.47 Å². The Hall–Kier alpha value is -1.06. The van der Waals surface area contributed by atoms with Crippen LogP contribution < -0.4 is 10.2 Å². The molecule has 148 valence electrons. The monoisotopic (exact) mass is 476 g/mol. The lowest BCUT2D eigenvalue weighted by Gasteiger charge is -2.22. The summed E-state index contributed by atoms with van der Waals surface area (Å²) in [6, 6.07) is 8.60. The number of hydrogen-bond acceptors (Lipinski definition) is 4. The Morgan fingerprint density at radius 1 is 1.27 bits per heavy atom. The molecule has 26 heavy (non-hydrogen) atoms. The van der Waals surface area contributed by atoms with Gasteiger partial charge in [-0.3, -0.25) is 4.99 Å². The molecule has 1 heterocycles. The molecule has 0 amide bonds. The summed E-state index contributed by atoms with van der Waals surface area (Å²) < 4.78 is 10.7. The summed E-state index contributed by atoms with van der Waals surface area (Å²) in [4.78, 5) is 8.86. The van der Waals surface area contributed by atoms with Crippen LogP contribution in [-0.4, -0.2) is 72.0 Å². The fraction of sp³-hybridized carbons (Fsp3) is 0.632. The minimum absolute atomic E-state index is 0. The van der Waals surface area contributed by atoms with E-state index in [1.54, 1.807) is 7.11 Å². The van der Waals surface area contributed by atoms with Crippen LogP contribution in [0.1, 0.15) is 12.0 Å². The molecule has 0 aromatic heterocycles. The first-order valence-corrected chi connectivity index (χ1v) is 8.92. The zero-order valence-corrected chi connectivity index (χ0v) is 18.7. The van der Waals surface area contributed by atoms with Crippen LogP contribution >= 0.6 is 24.0 Å². The number of aliphatic imine (C=N–C) groups is 1. The second-order valence-corrected chi connectivity index (χ2v) is 6.63. The van der Waals surface area contributed by atoms with Crippen molar-refractivity contribution in [1.82, 2.24) is 10.2 Å². The molecule has 1 fully saturated rings. The van der Waals surface area contributed by atoms with Crippen molar-refractivity contribution in [3.63, 3.8) is 0 Å². The Morgan fingerprint density at radius 3 is 2.62 bits per heavy atom. The molecule has 1 unspecified atom stereocenters. The van der Waals surface area contributed by atoms with Crippen molar-refractivity contribution in [2.75, 3.05) is 66.1 Å². The molecule has 0 saturated carbocycles. The first kappa shape index (κ1) is 23.0. The standard InChI is InChI=1S/C19H32N4O2.HI/c1-20-19(21-13-16-5-7-18(8-6-16)22(2)3)23-10-9-17(14-23)15-25-12-11-24-4;/h5-8,17H,9-15H2,1-4H3,(H,20,21);1H. The van der Waals surface area contributed by atoms with Gasteiger partial charge in [-0.2, -0.15) is 0 Å². The average Bonchev–Trinajstić information content (AvgIpc) is 3.08. The summed E-state index contributed by atoms with van der Waals surface area (Å²) in [7, 11) is 7.65. The number of ether oxygens (including phenoxy) is 2. The van der Waals surface area contributed by atoms with Crippen LogP contribution in [0.15, 0.2) is 29.3 Å². The normalized spacial score (nSPS) is 17.2. The fourth-order valence-electron chi connectivity index (χ4n) is 2.98. The van der Waals surface area contributed by atoms with Crippen LogP contribution in [0.5, 0.6) is 0 Å². The number of nitrogens with zero attached hydrogens (tertiary/aromatic N) is 3. The van der Waals surface area contributed by atoms with Crippen LogP contribution in [0.2, 0.25) is 0 Å². The van der Waals surface area contributed by atoms with Crippen LogP contribution in [0.3, 0.4) is 0 Å². The predicted molar refractivity (Wildman–Crippen MR) is 119 cm³/mol. The van der Waals surface area contributed by atoms with Crippen LogP contribution in [0.4, 0.5) is 5.69 Å². The quantitative estimate of drug-likeness (QED) is 0.271. The summed E-state index contributed by atoms with van der Waals surface area (Å²) in [5.74, 6) is 1.53. The van der Waals surface area contributed by atoms with Gasteiger partial charge in [0.2, 0.25) is 0 Å². The predicted octanol–water partition coefficient (Wildman–Crippen LogP) is 2.43. The maximum absolute atomic E-state index is 5.66. The van der Waals surface area contributed by atoms with Gasteiger partial charge in [-0.15, -0.1) is 24.0 Å². The van der Waals surface area contributed by atoms with Gasteiger partial charge in [0.05, 0.1) is 19.8 Å². The zero-order valence-electron chi connectivity index (χ0n) is 16.4. The molecule has 0 bridgehead atoms. The zero-order chi connectivity index (χ0) is 18.1. The van der Waals surface area contributed by atoms with Gasteiger partial charge < -0.3 is 24.6 Å². The molecule has 1 N–H and O–H groups in total. The Labute approximate surface area is 175 Å². The van der Waals surface area contributed by atoms with E-state index in [0.29, 0.717) is 19.1 Å². The Balaban J connectivity index is 0.00000338. The minimum Gasteiger partial charge on any atom is -0.382 e. The van der Waals surface area contributed by atoms with Crippen molar-refractivity contribution in [3.05, 3.63) is 29.8 Å². The van der Waals surface area contributed by atoms with E-state index in [1.807, 2.05) is 7.05 Å². The van der Waals surface area contributed by atoms with Gasteiger partial charge in [0.15, 0.2) is 5.96 Å². The number of anilines is 1. The number of halogens is 1.